The number of methoxy groups -OCH3 is 3. The zero-order valence-corrected chi connectivity index (χ0v) is 16.3. The van der Waals surface area contributed by atoms with Gasteiger partial charge in [-0.25, -0.2) is 8.42 Å². The van der Waals surface area contributed by atoms with E-state index < -0.39 is 32.6 Å². The highest BCUT2D eigenvalue weighted by Gasteiger charge is 2.30. The fraction of sp³-hybridized carbons (Fsp3) is 0.235. The highest BCUT2D eigenvalue weighted by Crippen LogP contribution is 2.38. The van der Waals surface area contributed by atoms with Gasteiger partial charge in [0, 0.05) is 5.56 Å². The number of rotatable bonds is 7. The van der Waals surface area contributed by atoms with E-state index >= 15 is 0 Å². The normalized spacial score (nSPS) is 11.7. The van der Waals surface area contributed by atoms with Crippen molar-refractivity contribution in [1.82, 2.24) is 10.3 Å². The summed E-state index contributed by atoms with van der Waals surface area (Å²) in [5.74, 6) is -0.290. The second kappa shape index (κ2) is 8.57. The third-order valence-corrected chi connectivity index (χ3v) is 4.98. The number of hydrogen-bond donors (Lipinski definition) is 2. The van der Waals surface area contributed by atoms with E-state index in [0.717, 1.165) is 12.1 Å². The maximum Gasteiger partial charge on any atom is 0.416 e. The monoisotopic (exact) mass is 434 g/mol. The first-order valence-corrected chi connectivity index (χ1v) is 9.31. The lowest BCUT2D eigenvalue weighted by Gasteiger charge is -2.14. The molecule has 0 radical (unpaired) electrons. The Morgan fingerprint density at radius 1 is 0.931 bits per heavy atom. The van der Waals surface area contributed by atoms with Gasteiger partial charge in [-0.3, -0.25) is 10.2 Å². The number of alkyl halides is 3. The lowest BCUT2D eigenvalue weighted by molar-refractivity contribution is -0.137. The molecule has 0 aromatic heterocycles. The highest BCUT2D eigenvalue weighted by atomic mass is 32.2. The minimum absolute atomic E-state index is 0.0189. The first-order chi connectivity index (χ1) is 13.5. The van der Waals surface area contributed by atoms with Gasteiger partial charge in [0.2, 0.25) is 5.75 Å². The van der Waals surface area contributed by atoms with Gasteiger partial charge in [0.1, 0.15) is 0 Å². The van der Waals surface area contributed by atoms with Gasteiger partial charge in [-0.05, 0) is 36.4 Å². The summed E-state index contributed by atoms with van der Waals surface area (Å²) < 4.78 is 77.5. The molecule has 0 atom stereocenters. The molecular weight excluding hydrogens is 417 g/mol. The fourth-order valence-corrected chi connectivity index (χ4v) is 3.12. The van der Waals surface area contributed by atoms with Crippen molar-refractivity contribution in [2.75, 3.05) is 21.3 Å². The highest BCUT2D eigenvalue weighted by molar-refractivity contribution is 7.89. The Kier molecular flexibility index (Phi) is 6.59. The largest absolute Gasteiger partial charge is 0.493 e. The first kappa shape index (κ1) is 22.3. The molecular formula is C17H17F3N2O6S. The molecule has 12 heteroatoms. The van der Waals surface area contributed by atoms with Crippen LogP contribution in [0.5, 0.6) is 17.2 Å². The Labute approximate surface area is 164 Å². The second-order valence-corrected chi connectivity index (χ2v) is 7.18. The average molecular weight is 434 g/mol. The number of hydrogen-bond acceptors (Lipinski definition) is 6. The minimum Gasteiger partial charge on any atom is -0.493 e. The molecule has 1 amide bonds. The summed E-state index contributed by atoms with van der Waals surface area (Å²) >= 11 is 0. The quantitative estimate of drug-likeness (QED) is 0.649. The van der Waals surface area contributed by atoms with Gasteiger partial charge >= 0.3 is 6.18 Å². The molecule has 2 aromatic rings. The zero-order valence-electron chi connectivity index (χ0n) is 15.5. The Morgan fingerprint density at radius 3 is 1.86 bits per heavy atom. The van der Waals surface area contributed by atoms with Crippen LogP contribution in [0, 0.1) is 0 Å². The fourth-order valence-electron chi connectivity index (χ4n) is 2.28. The van der Waals surface area contributed by atoms with E-state index in [9.17, 15) is 26.4 Å². The van der Waals surface area contributed by atoms with E-state index in [4.69, 9.17) is 14.2 Å². The number of ether oxygens (including phenoxy) is 3. The maximum atomic E-state index is 12.6. The van der Waals surface area contributed by atoms with Crippen molar-refractivity contribution in [2.24, 2.45) is 0 Å². The molecule has 0 heterocycles. The minimum atomic E-state index is -4.60. The molecule has 0 spiro atoms. The van der Waals surface area contributed by atoms with Crippen molar-refractivity contribution in [2.45, 2.75) is 11.1 Å². The number of carbonyl (C=O) groups excluding carboxylic acids is 1. The van der Waals surface area contributed by atoms with Crippen molar-refractivity contribution in [3.05, 3.63) is 47.5 Å². The summed E-state index contributed by atoms with van der Waals surface area (Å²) in [7, 11) is -0.254. The Balaban J connectivity index is 2.19. The van der Waals surface area contributed by atoms with Crippen molar-refractivity contribution >= 4 is 15.9 Å². The molecule has 2 aromatic carbocycles. The molecule has 158 valence electrons. The standard InChI is InChI=1S/C17H17F3N2O6S/c1-26-13-8-10(9-14(27-2)15(13)28-3)16(23)21-22-29(24,25)12-6-4-11(5-7-12)17(18,19)20/h4-9,22H,1-3H3,(H,21,23). The molecule has 0 fully saturated rings. The van der Waals surface area contributed by atoms with Crippen LogP contribution in [-0.4, -0.2) is 35.7 Å². The lowest BCUT2D eigenvalue weighted by atomic mass is 10.1. The van der Waals surface area contributed by atoms with Crippen LogP contribution >= 0.6 is 0 Å². The van der Waals surface area contributed by atoms with Gasteiger partial charge in [-0.2, -0.15) is 13.2 Å². The van der Waals surface area contributed by atoms with Crippen molar-refractivity contribution < 1.29 is 40.6 Å². The second-order valence-electron chi connectivity index (χ2n) is 5.50. The van der Waals surface area contributed by atoms with Crippen LogP contribution in [0.3, 0.4) is 0 Å². The molecule has 0 bridgehead atoms. The Hall–Kier alpha value is -2.99. The van der Waals surface area contributed by atoms with Gasteiger partial charge in [0.05, 0.1) is 31.8 Å². The predicted octanol–water partition coefficient (Wildman–Crippen LogP) is 2.35. The summed E-state index contributed by atoms with van der Waals surface area (Å²) in [5.41, 5.74) is 0.951. The third kappa shape index (κ3) is 5.09. The number of sulfonamides is 1. The van der Waals surface area contributed by atoms with Crippen LogP contribution in [0.1, 0.15) is 15.9 Å². The first-order valence-electron chi connectivity index (χ1n) is 7.83. The van der Waals surface area contributed by atoms with Gasteiger partial charge in [0.25, 0.3) is 15.9 Å². The van der Waals surface area contributed by atoms with Crippen LogP contribution in [0.2, 0.25) is 0 Å². The number of benzene rings is 2. The third-order valence-electron chi connectivity index (χ3n) is 3.72. The van der Waals surface area contributed by atoms with Crippen molar-refractivity contribution in [3.63, 3.8) is 0 Å². The molecule has 2 rings (SSSR count). The molecule has 0 aliphatic heterocycles. The van der Waals surface area contributed by atoms with Gasteiger partial charge in [-0.15, -0.1) is 4.83 Å². The molecule has 0 saturated heterocycles. The topological polar surface area (TPSA) is 103 Å². The summed E-state index contributed by atoms with van der Waals surface area (Å²) in [6.07, 6.45) is -4.60. The molecule has 29 heavy (non-hydrogen) atoms. The number of hydrazine groups is 1. The SMILES string of the molecule is COc1cc(C(=O)NNS(=O)(=O)c2ccc(C(F)(F)F)cc2)cc(OC)c1OC. The van der Waals surface area contributed by atoms with Gasteiger partial charge < -0.3 is 14.2 Å². The van der Waals surface area contributed by atoms with Crippen molar-refractivity contribution in [3.8, 4) is 17.2 Å². The number of nitrogens with one attached hydrogen (secondary N) is 2. The predicted molar refractivity (Wildman–Crippen MR) is 95.3 cm³/mol. The van der Waals surface area contributed by atoms with Crippen LogP contribution in [0.4, 0.5) is 13.2 Å². The number of amides is 1. The molecule has 0 unspecified atom stereocenters. The number of carbonyl (C=O) groups is 1. The van der Waals surface area contributed by atoms with E-state index in [1.54, 1.807) is 0 Å². The van der Waals surface area contributed by atoms with E-state index in [2.05, 4.69) is 0 Å². The Morgan fingerprint density at radius 2 is 1.45 bits per heavy atom. The van der Waals surface area contributed by atoms with Crippen LogP contribution in [0.15, 0.2) is 41.3 Å². The van der Waals surface area contributed by atoms with E-state index in [0.29, 0.717) is 12.1 Å². The molecule has 0 aliphatic rings. The van der Waals surface area contributed by atoms with Crippen LogP contribution in [-0.2, 0) is 16.2 Å². The molecule has 8 nitrogen and oxygen atoms in total. The van der Waals surface area contributed by atoms with Crippen molar-refractivity contribution in [1.29, 1.82) is 0 Å². The lowest BCUT2D eigenvalue weighted by Crippen LogP contribution is -2.41. The summed E-state index contributed by atoms with van der Waals surface area (Å²) in [4.78, 5) is 13.7. The summed E-state index contributed by atoms with van der Waals surface area (Å²) in [6, 6.07) is 5.38. The van der Waals surface area contributed by atoms with E-state index in [1.165, 1.54) is 33.5 Å². The maximum absolute atomic E-state index is 12.6. The van der Waals surface area contributed by atoms with Gasteiger partial charge in [-0.1, -0.05) is 0 Å². The van der Waals surface area contributed by atoms with E-state index in [-0.39, 0.29) is 22.8 Å². The molecule has 2 N–H and O–H groups in total. The zero-order chi connectivity index (χ0) is 21.8. The smallest absolute Gasteiger partial charge is 0.416 e. The molecule has 0 saturated carbocycles. The van der Waals surface area contributed by atoms with E-state index in [1.807, 2.05) is 10.3 Å². The summed E-state index contributed by atoms with van der Waals surface area (Å²) in [5, 5.41) is 0. The summed E-state index contributed by atoms with van der Waals surface area (Å²) in [6.45, 7) is 0. The number of halogens is 3. The Bertz CT molecular complexity index is 966. The molecule has 0 aliphatic carbocycles. The average Bonchev–Trinajstić information content (AvgIpc) is 2.70. The van der Waals surface area contributed by atoms with Gasteiger partial charge in [0.15, 0.2) is 11.5 Å². The van der Waals surface area contributed by atoms with Crippen LogP contribution in [0.25, 0.3) is 0 Å². The van der Waals surface area contributed by atoms with Crippen LogP contribution < -0.4 is 24.5 Å².